The number of carbonyl (C=O) groups is 2. The van der Waals surface area contributed by atoms with Gasteiger partial charge in [-0.25, -0.2) is 4.79 Å². The molecule has 3 aromatic rings. The molecule has 31 heavy (non-hydrogen) atoms. The summed E-state index contributed by atoms with van der Waals surface area (Å²) in [7, 11) is 0. The predicted molar refractivity (Wildman–Crippen MR) is 126 cm³/mol. The summed E-state index contributed by atoms with van der Waals surface area (Å²) in [4.78, 5) is 27.0. The minimum atomic E-state index is -0.425. The van der Waals surface area contributed by atoms with Crippen LogP contribution in [0.1, 0.15) is 38.8 Å². The number of ether oxygens (including phenoxy) is 1. The molecule has 0 saturated heterocycles. The van der Waals surface area contributed by atoms with Gasteiger partial charge in [-0.05, 0) is 67.9 Å². The zero-order chi connectivity index (χ0) is 22.5. The van der Waals surface area contributed by atoms with Gasteiger partial charge in [0.15, 0.2) is 0 Å². The van der Waals surface area contributed by atoms with Gasteiger partial charge in [0.05, 0.1) is 18.7 Å². The number of esters is 1. The number of halogens is 3. The largest absolute Gasteiger partial charge is 0.462 e. The Hall–Kier alpha value is -2.53. The Morgan fingerprint density at radius 1 is 0.871 bits per heavy atom. The normalized spacial score (nSPS) is 10.6. The van der Waals surface area contributed by atoms with Crippen molar-refractivity contribution in [1.82, 2.24) is 0 Å². The van der Waals surface area contributed by atoms with Crippen LogP contribution in [0.4, 0.5) is 5.69 Å². The third-order valence-electron chi connectivity index (χ3n) is 4.73. The Kier molecular flexibility index (Phi) is 7.60. The van der Waals surface area contributed by atoms with Crippen LogP contribution in [0.5, 0.6) is 0 Å². The van der Waals surface area contributed by atoms with Crippen LogP contribution in [0.25, 0.3) is 0 Å². The highest BCUT2D eigenvalue weighted by Gasteiger charge is 2.22. The van der Waals surface area contributed by atoms with Crippen molar-refractivity contribution < 1.29 is 14.3 Å². The first-order chi connectivity index (χ1) is 14.8. The molecule has 0 N–H and O–H groups in total. The van der Waals surface area contributed by atoms with Gasteiger partial charge in [-0.15, -0.1) is 0 Å². The lowest BCUT2D eigenvalue weighted by Gasteiger charge is -2.24. The summed E-state index contributed by atoms with van der Waals surface area (Å²) >= 11 is 18.9. The van der Waals surface area contributed by atoms with E-state index in [1.54, 1.807) is 72.5 Å². The quantitative estimate of drug-likeness (QED) is 0.361. The van der Waals surface area contributed by atoms with Crippen LogP contribution in [0, 0.1) is 6.92 Å². The van der Waals surface area contributed by atoms with Gasteiger partial charge in [-0.2, -0.15) is 0 Å². The first kappa shape index (κ1) is 23.1. The first-order valence-corrected chi connectivity index (χ1v) is 10.7. The fraction of sp³-hybridized carbons (Fsp3) is 0.167. The molecule has 7 heteroatoms. The molecule has 0 heterocycles. The number of aryl methyl sites for hydroxylation is 1. The van der Waals surface area contributed by atoms with Gasteiger partial charge in [0.1, 0.15) is 0 Å². The summed E-state index contributed by atoms with van der Waals surface area (Å²) < 4.78 is 5.03. The van der Waals surface area contributed by atoms with Crippen molar-refractivity contribution >= 4 is 52.4 Å². The second-order valence-electron chi connectivity index (χ2n) is 6.82. The standard InChI is InChI=1S/C24H20Cl3NO3/c1-3-31-24(30)16-9-11-18(12-10-16)28(14-19-20(25)5-4-6-21(19)26)23(29)17-8-7-15(2)22(27)13-17/h4-13H,3,14H2,1-2H3. The molecule has 0 radical (unpaired) electrons. The van der Waals surface area contributed by atoms with Crippen molar-refractivity contribution in [2.45, 2.75) is 20.4 Å². The Morgan fingerprint density at radius 2 is 1.48 bits per heavy atom. The number of anilines is 1. The number of benzene rings is 3. The predicted octanol–water partition coefficient (Wildman–Crippen LogP) is 6.98. The Balaban J connectivity index is 2.02. The number of hydrogen-bond donors (Lipinski definition) is 0. The molecule has 160 valence electrons. The fourth-order valence-corrected chi connectivity index (χ4v) is 3.69. The molecular weight excluding hydrogens is 457 g/mol. The molecule has 0 aliphatic carbocycles. The van der Waals surface area contributed by atoms with E-state index in [0.717, 1.165) is 5.56 Å². The van der Waals surface area contributed by atoms with Gasteiger partial charge in [0.25, 0.3) is 5.91 Å². The van der Waals surface area contributed by atoms with Crippen molar-refractivity contribution in [2.75, 3.05) is 11.5 Å². The molecule has 0 fully saturated rings. The van der Waals surface area contributed by atoms with E-state index in [1.807, 2.05) is 6.92 Å². The number of carbonyl (C=O) groups excluding carboxylic acids is 2. The summed E-state index contributed by atoms with van der Waals surface area (Å²) in [6, 6.07) is 16.9. The van der Waals surface area contributed by atoms with Gasteiger partial charge in [-0.3, -0.25) is 4.79 Å². The molecule has 0 aliphatic rings. The molecule has 0 aliphatic heterocycles. The SMILES string of the molecule is CCOC(=O)c1ccc(N(Cc2c(Cl)cccc2Cl)C(=O)c2ccc(C)c(Cl)c2)cc1. The summed E-state index contributed by atoms with van der Waals surface area (Å²) in [6.07, 6.45) is 0. The van der Waals surface area contributed by atoms with E-state index in [-0.39, 0.29) is 19.1 Å². The molecule has 0 spiro atoms. The van der Waals surface area contributed by atoms with Crippen LogP contribution in [0.2, 0.25) is 15.1 Å². The molecule has 3 rings (SSSR count). The smallest absolute Gasteiger partial charge is 0.338 e. The highest BCUT2D eigenvalue weighted by Crippen LogP contribution is 2.30. The molecule has 4 nitrogen and oxygen atoms in total. The van der Waals surface area contributed by atoms with Gasteiger partial charge >= 0.3 is 5.97 Å². The maximum atomic E-state index is 13.4. The fourth-order valence-electron chi connectivity index (χ4n) is 3.00. The van der Waals surface area contributed by atoms with Crippen LogP contribution >= 0.6 is 34.8 Å². The third-order valence-corrected chi connectivity index (χ3v) is 5.85. The first-order valence-electron chi connectivity index (χ1n) is 9.60. The van der Waals surface area contributed by atoms with E-state index >= 15 is 0 Å². The minimum Gasteiger partial charge on any atom is -0.462 e. The van der Waals surface area contributed by atoms with Crippen LogP contribution in [-0.4, -0.2) is 18.5 Å². The number of hydrogen-bond acceptors (Lipinski definition) is 3. The van der Waals surface area contributed by atoms with E-state index in [1.165, 1.54) is 0 Å². The van der Waals surface area contributed by atoms with E-state index in [9.17, 15) is 9.59 Å². The van der Waals surface area contributed by atoms with E-state index in [2.05, 4.69) is 0 Å². The van der Waals surface area contributed by atoms with Gasteiger partial charge in [0, 0.05) is 31.9 Å². The Morgan fingerprint density at radius 3 is 2.06 bits per heavy atom. The van der Waals surface area contributed by atoms with Gasteiger partial charge in [0.2, 0.25) is 0 Å². The Labute approximate surface area is 196 Å². The third kappa shape index (κ3) is 5.40. The summed E-state index contributed by atoms with van der Waals surface area (Å²) in [5, 5.41) is 1.41. The molecule has 0 unspecified atom stereocenters. The minimum absolute atomic E-state index is 0.140. The Bertz CT molecular complexity index is 1090. The molecule has 0 atom stereocenters. The average Bonchev–Trinajstić information content (AvgIpc) is 2.75. The topological polar surface area (TPSA) is 46.6 Å². The van der Waals surface area contributed by atoms with Crippen molar-refractivity contribution in [1.29, 1.82) is 0 Å². The second-order valence-corrected chi connectivity index (χ2v) is 8.04. The molecular formula is C24H20Cl3NO3. The maximum absolute atomic E-state index is 13.4. The van der Waals surface area contributed by atoms with Gasteiger partial charge in [-0.1, -0.05) is 46.9 Å². The number of amides is 1. The molecule has 0 aromatic heterocycles. The van der Waals surface area contributed by atoms with Crippen LogP contribution < -0.4 is 4.90 Å². The zero-order valence-electron chi connectivity index (χ0n) is 17.0. The number of nitrogens with zero attached hydrogens (tertiary/aromatic N) is 1. The number of rotatable bonds is 6. The van der Waals surface area contributed by atoms with E-state index in [4.69, 9.17) is 39.5 Å². The van der Waals surface area contributed by atoms with Crippen molar-refractivity contribution in [2.24, 2.45) is 0 Å². The monoisotopic (exact) mass is 475 g/mol. The van der Waals surface area contributed by atoms with Crippen molar-refractivity contribution in [3.8, 4) is 0 Å². The zero-order valence-corrected chi connectivity index (χ0v) is 19.3. The lowest BCUT2D eigenvalue weighted by atomic mass is 10.1. The van der Waals surface area contributed by atoms with Crippen molar-refractivity contribution in [3.63, 3.8) is 0 Å². The average molecular weight is 477 g/mol. The lowest BCUT2D eigenvalue weighted by molar-refractivity contribution is 0.0526. The molecule has 1 amide bonds. The van der Waals surface area contributed by atoms with Crippen LogP contribution in [0.3, 0.4) is 0 Å². The molecule has 0 bridgehead atoms. The van der Waals surface area contributed by atoms with Gasteiger partial charge < -0.3 is 9.64 Å². The highest BCUT2D eigenvalue weighted by atomic mass is 35.5. The molecule has 0 saturated carbocycles. The summed E-state index contributed by atoms with van der Waals surface area (Å²) in [5.74, 6) is -0.701. The van der Waals surface area contributed by atoms with Crippen molar-refractivity contribution in [3.05, 3.63) is 98.0 Å². The molecule has 3 aromatic carbocycles. The maximum Gasteiger partial charge on any atom is 0.338 e. The summed E-state index contributed by atoms with van der Waals surface area (Å²) in [6.45, 7) is 4.03. The van der Waals surface area contributed by atoms with E-state index in [0.29, 0.717) is 37.4 Å². The summed E-state index contributed by atoms with van der Waals surface area (Å²) in [5.41, 5.74) is 2.88. The second kappa shape index (κ2) is 10.2. The van der Waals surface area contributed by atoms with Crippen LogP contribution in [-0.2, 0) is 11.3 Å². The highest BCUT2D eigenvalue weighted by molar-refractivity contribution is 6.36. The van der Waals surface area contributed by atoms with E-state index < -0.39 is 5.97 Å². The lowest BCUT2D eigenvalue weighted by Crippen LogP contribution is -2.30. The van der Waals surface area contributed by atoms with Crippen LogP contribution in [0.15, 0.2) is 60.7 Å².